The molecule has 2 bridgehead atoms. The molecule has 0 aliphatic heterocycles. The molecule has 2 heteroatoms. The van der Waals surface area contributed by atoms with Crippen LogP contribution >= 0.6 is 0 Å². The highest BCUT2D eigenvalue weighted by Gasteiger charge is 2.27. The Kier molecular flexibility index (Phi) is 3.91. The van der Waals surface area contributed by atoms with Gasteiger partial charge in [-0.15, -0.1) is 0 Å². The normalized spacial score (nSPS) is 36.0. The lowest BCUT2D eigenvalue weighted by atomic mass is 9.89. The van der Waals surface area contributed by atoms with E-state index in [-0.39, 0.29) is 11.6 Å². The largest absolute Gasteiger partial charge is 0.412 e. The van der Waals surface area contributed by atoms with Crippen LogP contribution in [0.15, 0.2) is 0 Å². The summed E-state index contributed by atoms with van der Waals surface area (Å²) in [6, 6.07) is 0. The molecule has 2 unspecified atom stereocenters. The molecular weight excluding hydrogens is 126 g/mol. The average Bonchev–Trinajstić information content (AvgIpc) is 2.12. The molecule has 2 atom stereocenters. The smallest absolute Gasteiger partial charge is 0.0412 e. The maximum absolute atomic E-state index is 1.58. The molecule has 0 aromatic rings. The monoisotopic (exact) mass is 145 g/mol. The van der Waals surface area contributed by atoms with Crippen molar-refractivity contribution in [1.82, 2.24) is 6.15 Å². The highest BCUT2D eigenvalue weighted by Crippen LogP contribution is 2.41. The van der Waals surface area contributed by atoms with Crippen LogP contribution in [0.5, 0.6) is 0 Å². The Hall–Kier alpha value is -0.0800. The highest BCUT2D eigenvalue weighted by atomic mass is 16.0. The summed E-state index contributed by atoms with van der Waals surface area (Å²) in [6.07, 6.45) is 9.34. The van der Waals surface area contributed by atoms with Crippen LogP contribution in [0.25, 0.3) is 0 Å². The Balaban J connectivity index is 0.000000405. The zero-order chi connectivity index (χ0) is 5.40. The predicted octanol–water partition coefficient (Wildman–Crippen LogP) is 1.92. The lowest BCUT2D eigenvalue weighted by molar-refractivity contribution is 0.359. The summed E-state index contributed by atoms with van der Waals surface area (Å²) < 4.78 is 0. The molecule has 10 heavy (non-hydrogen) atoms. The van der Waals surface area contributed by atoms with Gasteiger partial charge in [0.1, 0.15) is 0 Å². The zero-order valence-corrected chi connectivity index (χ0v) is 6.60. The van der Waals surface area contributed by atoms with Gasteiger partial charge in [0.05, 0.1) is 0 Å². The van der Waals surface area contributed by atoms with E-state index in [4.69, 9.17) is 0 Å². The van der Waals surface area contributed by atoms with Gasteiger partial charge >= 0.3 is 0 Å². The van der Waals surface area contributed by atoms with Crippen molar-refractivity contribution in [3.8, 4) is 0 Å². The molecule has 2 rings (SSSR count). The molecule has 0 aromatic heterocycles. The molecule has 0 heterocycles. The highest BCUT2D eigenvalue weighted by molar-refractivity contribution is 4.80. The predicted molar refractivity (Wildman–Crippen MR) is 43.3 cm³/mol. The minimum atomic E-state index is 0. The van der Waals surface area contributed by atoms with Crippen LogP contribution in [-0.4, -0.2) is 5.48 Å². The first-order chi connectivity index (χ1) is 3.95. The molecule has 2 nitrogen and oxygen atoms in total. The fraction of sp³-hybridized carbons (Fsp3) is 1.00. The first-order valence-electron chi connectivity index (χ1n) is 3.95. The lowest BCUT2D eigenvalue weighted by Crippen LogP contribution is -2.03. The van der Waals surface area contributed by atoms with Crippen LogP contribution in [0.2, 0.25) is 0 Å². The van der Waals surface area contributed by atoms with Crippen molar-refractivity contribution in [1.29, 1.82) is 0 Å². The second-order valence-electron chi connectivity index (χ2n) is 3.48. The second-order valence-corrected chi connectivity index (χ2v) is 3.48. The molecule has 0 spiro atoms. The molecule has 5 N–H and O–H groups in total. The van der Waals surface area contributed by atoms with Crippen LogP contribution in [0.3, 0.4) is 0 Å². The van der Waals surface area contributed by atoms with Gasteiger partial charge in [-0.25, -0.2) is 0 Å². The third-order valence-corrected chi connectivity index (χ3v) is 2.87. The Morgan fingerprint density at radius 1 is 0.800 bits per heavy atom. The lowest BCUT2D eigenvalue weighted by Gasteiger charge is -2.16. The number of hydrogen-bond acceptors (Lipinski definition) is 1. The zero-order valence-electron chi connectivity index (χ0n) is 6.60. The summed E-state index contributed by atoms with van der Waals surface area (Å²) in [4.78, 5) is 0. The van der Waals surface area contributed by atoms with Gasteiger partial charge in [-0.2, -0.15) is 0 Å². The van der Waals surface area contributed by atoms with Crippen molar-refractivity contribution in [2.45, 2.75) is 38.5 Å². The molecule has 2 fully saturated rings. The fourth-order valence-electron chi connectivity index (χ4n) is 2.40. The van der Waals surface area contributed by atoms with E-state index in [1.165, 1.54) is 6.42 Å². The third-order valence-electron chi connectivity index (χ3n) is 2.87. The van der Waals surface area contributed by atoms with E-state index < -0.39 is 0 Å². The van der Waals surface area contributed by atoms with Gasteiger partial charge in [0.15, 0.2) is 0 Å². The van der Waals surface area contributed by atoms with Crippen LogP contribution in [0.4, 0.5) is 0 Å². The number of hydrogen-bond donors (Lipinski definition) is 1. The van der Waals surface area contributed by atoms with Gasteiger partial charge in [0.2, 0.25) is 0 Å². The summed E-state index contributed by atoms with van der Waals surface area (Å²) in [5, 5.41) is 0. The van der Waals surface area contributed by atoms with Crippen LogP contribution in [-0.2, 0) is 0 Å². The average molecular weight is 145 g/mol. The quantitative estimate of drug-likeness (QED) is 0.556. The van der Waals surface area contributed by atoms with Crippen molar-refractivity contribution < 1.29 is 5.48 Å². The molecule has 0 aromatic carbocycles. The van der Waals surface area contributed by atoms with E-state index in [1.807, 2.05) is 0 Å². The number of fused-ring (bicyclic) bond motifs is 2. The van der Waals surface area contributed by atoms with Crippen molar-refractivity contribution in [2.75, 3.05) is 0 Å². The molecule has 2 aliphatic rings. The van der Waals surface area contributed by atoms with E-state index in [0.29, 0.717) is 0 Å². The van der Waals surface area contributed by atoms with Gasteiger partial charge < -0.3 is 11.6 Å². The van der Waals surface area contributed by atoms with Gasteiger partial charge in [-0.3, -0.25) is 0 Å². The third kappa shape index (κ3) is 1.70. The van der Waals surface area contributed by atoms with Crippen molar-refractivity contribution in [3.05, 3.63) is 0 Å². The SMILES string of the molecule is C1CC2CCC(C1)C2.N.O. The van der Waals surface area contributed by atoms with E-state index in [9.17, 15) is 0 Å². The second kappa shape index (κ2) is 3.94. The van der Waals surface area contributed by atoms with Crippen molar-refractivity contribution in [3.63, 3.8) is 0 Å². The maximum atomic E-state index is 1.58. The molecule has 0 saturated heterocycles. The van der Waals surface area contributed by atoms with Crippen LogP contribution < -0.4 is 6.15 Å². The Labute approximate surface area is 62.9 Å². The van der Waals surface area contributed by atoms with E-state index in [1.54, 1.807) is 32.1 Å². The first kappa shape index (κ1) is 9.92. The molecular formula is C8H19NO. The molecule has 62 valence electrons. The first-order valence-corrected chi connectivity index (χ1v) is 3.95. The van der Waals surface area contributed by atoms with E-state index in [2.05, 4.69) is 0 Å². The topological polar surface area (TPSA) is 66.5 Å². The Morgan fingerprint density at radius 2 is 1.30 bits per heavy atom. The van der Waals surface area contributed by atoms with Crippen molar-refractivity contribution >= 4 is 0 Å². The Bertz CT molecular complexity index is 81.3. The summed E-state index contributed by atoms with van der Waals surface area (Å²) in [5.74, 6) is 2.32. The van der Waals surface area contributed by atoms with Gasteiger partial charge in [0, 0.05) is 0 Å². The molecule has 2 aliphatic carbocycles. The van der Waals surface area contributed by atoms with Gasteiger partial charge in [-0.1, -0.05) is 32.1 Å². The summed E-state index contributed by atoms with van der Waals surface area (Å²) >= 11 is 0. The summed E-state index contributed by atoms with van der Waals surface area (Å²) in [5.41, 5.74) is 0. The summed E-state index contributed by atoms with van der Waals surface area (Å²) in [6.45, 7) is 0. The molecule has 0 amide bonds. The standard InChI is InChI=1S/C8H14.H3N.H2O/c1-2-7-4-5-8(3-1)6-7;;/h7-8H,1-6H2;1H3;1H2. The Morgan fingerprint density at radius 3 is 1.70 bits per heavy atom. The van der Waals surface area contributed by atoms with Gasteiger partial charge in [0.25, 0.3) is 0 Å². The fourth-order valence-corrected chi connectivity index (χ4v) is 2.40. The molecule has 0 radical (unpaired) electrons. The minimum Gasteiger partial charge on any atom is -0.412 e. The van der Waals surface area contributed by atoms with E-state index >= 15 is 0 Å². The summed E-state index contributed by atoms with van der Waals surface area (Å²) in [7, 11) is 0. The minimum absolute atomic E-state index is 0. The maximum Gasteiger partial charge on any atom is -0.0412 e. The van der Waals surface area contributed by atoms with Gasteiger partial charge in [-0.05, 0) is 18.3 Å². The molecule has 2 saturated carbocycles. The van der Waals surface area contributed by atoms with Crippen LogP contribution in [0.1, 0.15) is 38.5 Å². The van der Waals surface area contributed by atoms with E-state index in [0.717, 1.165) is 11.8 Å². The van der Waals surface area contributed by atoms with Crippen molar-refractivity contribution in [2.24, 2.45) is 11.8 Å². The van der Waals surface area contributed by atoms with Crippen LogP contribution in [0, 0.1) is 11.8 Å². The number of rotatable bonds is 0.